The molecule has 4 aromatic rings. The third-order valence-electron chi connectivity index (χ3n) is 4.91. The molecule has 2 aromatic heterocycles. The van der Waals surface area contributed by atoms with Gasteiger partial charge >= 0.3 is 0 Å². The molecule has 2 aromatic carbocycles. The molecule has 0 spiro atoms. The molecule has 0 radical (unpaired) electrons. The first-order chi connectivity index (χ1) is 11.8. The molecule has 0 saturated carbocycles. The quantitative estimate of drug-likeness (QED) is 0.327. The molecule has 5 rings (SSSR count). The maximum Gasteiger partial charge on any atom is 0.0384 e. The van der Waals surface area contributed by atoms with Gasteiger partial charge in [0.1, 0.15) is 0 Å². The van der Waals surface area contributed by atoms with Crippen molar-refractivity contribution in [1.29, 1.82) is 0 Å². The number of thiophene rings is 2. The zero-order chi connectivity index (χ0) is 16.3. The van der Waals surface area contributed by atoms with Crippen LogP contribution in [0.1, 0.15) is 32.0 Å². The normalized spacial score (nSPS) is 13.2. The van der Waals surface area contributed by atoms with Crippen molar-refractivity contribution >= 4 is 44.6 Å². The van der Waals surface area contributed by atoms with Crippen LogP contribution in [0, 0.1) is 13.8 Å². The van der Waals surface area contributed by atoms with Crippen molar-refractivity contribution in [3.8, 4) is 0 Å². The lowest BCUT2D eigenvalue weighted by atomic mass is 9.95. The minimum atomic E-state index is 1.33. The summed E-state index contributed by atoms with van der Waals surface area (Å²) in [4.78, 5) is 2.79. The molecule has 0 N–H and O–H groups in total. The zero-order valence-electron chi connectivity index (χ0n) is 13.6. The van der Waals surface area contributed by atoms with Gasteiger partial charge in [-0.1, -0.05) is 36.4 Å². The van der Waals surface area contributed by atoms with Gasteiger partial charge in [-0.25, -0.2) is 0 Å². The molecule has 1 aliphatic carbocycles. The smallest absolute Gasteiger partial charge is 0.0384 e. The summed E-state index contributed by atoms with van der Waals surface area (Å²) in [5.74, 6) is 0. The topological polar surface area (TPSA) is 0 Å². The Morgan fingerprint density at radius 3 is 2.00 bits per heavy atom. The Bertz CT molecular complexity index is 1040. The zero-order valence-corrected chi connectivity index (χ0v) is 15.2. The van der Waals surface area contributed by atoms with Crippen LogP contribution in [0.15, 0.2) is 59.3 Å². The van der Waals surface area contributed by atoms with Crippen LogP contribution in [0.4, 0.5) is 0 Å². The van der Waals surface area contributed by atoms with E-state index in [4.69, 9.17) is 0 Å². The molecule has 2 heterocycles. The maximum atomic E-state index is 2.29. The summed E-state index contributed by atoms with van der Waals surface area (Å²) in [7, 11) is 0. The summed E-state index contributed by atoms with van der Waals surface area (Å²) in [6.07, 6.45) is 0. The number of hydrogen-bond donors (Lipinski definition) is 0. The Balaban J connectivity index is 1.97. The van der Waals surface area contributed by atoms with Gasteiger partial charge in [0.25, 0.3) is 0 Å². The Hall–Kier alpha value is -2.16. The molecule has 0 fully saturated rings. The molecule has 2 heteroatoms. The molecule has 116 valence electrons. The van der Waals surface area contributed by atoms with E-state index in [1.807, 2.05) is 22.7 Å². The van der Waals surface area contributed by atoms with Crippen molar-refractivity contribution in [2.75, 3.05) is 0 Å². The van der Waals surface area contributed by atoms with Gasteiger partial charge in [0.05, 0.1) is 0 Å². The van der Waals surface area contributed by atoms with E-state index in [0.29, 0.717) is 0 Å². The van der Waals surface area contributed by atoms with E-state index in [0.717, 1.165) is 0 Å². The van der Waals surface area contributed by atoms with Gasteiger partial charge in [-0.3, -0.25) is 0 Å². The molecule has 0 atom stereocenters. The number of benzene rings is 2. The number of rotatable bonds is 2. The van der Waals surface area contributed by atoms with Crippen LogP contribution in [0.25, 0.3) is 21.9 Å². The monoisotopic (exact) mass is 344 g/mol. The van der Waals surface area contributed by atoms with Gasteiger partial charge in [0.2, 0.25) is 0 Å². The summed E-state index contributed by atoms with van der Waals surface area (Å²) in [5, 5.41) is 7.15. The molecule has 0 bridgehead atoms. The van der Waals surface area contributed by atoms with Gasteiger partial charge < -0.3 is 0 Å². The van der Waals surface area contributed by atoms with E-state index in [9.17, 15) is 0 Å². The van der Waals surface area contributed by atoms with Crippen LogP contribution in [-0.2, 0) is 0 Å². The fourth-order valence-electron chi connectivity index (χ4n) is 3.82. The van der Waals surface area contributed by atoms with Crippen LogP contribution in [0.3, 0.4) is 0 Å². The van der Waals surface area contributed by atoms with E-state index in [2.05, 4.69) is 73.1 Å². The van der Waals surface area contributed by atoms with Crippen LogP contribution in [0.5, 0.6) is 0 Å². The minimum absolute atomic E-state index is 1.33. The van der Waals surface area contributed by atoms with E-state index in [-0.39, 0.29) is 0 Å². The van der Waals surface area contributed by atoms with Crippen molar-refractivity contribution in [3.05, 3.63) is 91.3 Å². The highest BCUT2D eigenvalue weighted by molar-refractivity contribution is 7.11. The van der Waals surface area contributed by atoms with Crippen LogP contribution in [0.2, 0.25) is 0 Å². The molecule has 0 saturated heterocycles. The van der Waals surface area contributed by atoms with Crippen LogP contribution in [-0.4, -0.2) is 0 Å². The van der Waals surface area contributed by atoms with E-state index in [1.54, 1.807) is 0 Å². The third-order valence-corrected chi connectivity index (χ3v) is 6.79. The fraction of sp³-hybridized carbons (Fsp3) is 0.0909. The van der Waals surface area contributed by atoms with E-state index >= 15 is 0 Å². The highest BCUT2D eigenvalue weighted by Crippen LogP contribution is 2.50. The Labute approximate surface area is 149 Å². The average molecular weight is 345 g/mol. The lowest BCUT2D eigenvalue weighted by molar-refractivity contribution is 1.51. The first-order valence-corrected chi connectivity index (χ1v) is 9.87. The highest BCUT2D eigenvalue weighted by atomic mass is 32.1. The molecule has 0 aliphatic heterocycles. The standard InChI is InChI=1S/C22H16S2/c1-13-9-11-24-22(13)21-18-8-4-6-15-5-3-7-17(19(15)18)20(21)16-10-12-23-14(16)2/h3-12H,1-2H3. The first-order valence-electron chi connectivity index (χ1n) is 8.11. The van der Waals surface area contributed by atoms with Crippen molar-refractivity contribution in [2.45, 2.75) is 13.8 Å². The van der Waals surface area contributed by atoms with Crippen LogP contribution >= 0.6 is 22.7 Å². The van der Waals surface area contributed by atoms with Gasteiger partial charge in [-0.15, -0.1) is 22.7 Å². The second-order valence-electron chi connectivity index (χ2n) is 6.28. The number of aryl methyl sites for hydroxylation is 2. The summed E-state index contributed by atoms with van der Waals surface area (Å²) in [6.45, 7) is 4.45. The SMILES string of the molecule is Cc1ccsc1C1=C(c2ccsc2C)c2cccc3cccc1c23. The van der Waals surface area contributed by atoms with Crippen molar-refractivity contribution in [1.82, 2.24) is 0 Å². The molecule has 24 heavy (non-hydrogen) atoms. The average Bonchev–Trinajstić information content (AvgIpc) is 3.27. The summed E-state index contributed by atoms with van der Waals surface area (Å²) in [6, 6.07) is 17.9. The van der Waals surface area contributed by atoms with Gasteiger partial charge in [0.15, 0.2) is 0 Å². The summed E-state index contributed by atoms with van der Waals surface area (Å²) < 4.78 is 0. The fourth-order valence-corrected chi connectivity index (χ4v) is 5.51. The Morgan fingerprint density at radius 1 is 0.667 bits per heavy atom. The van der Waals surface area contributed by atoms with E-state index in [1.165, 1.54) is 53.9 Å². The summed E-state index contributed by atoms with van der Waals surface area (Å²) in [5.41, 5.74) is 8.33. The van der Waals surface area contributed by atoms with Crippen molar-refractivity contribution in [2.24, 2.45) is 0 Å². The maximum absolute atomic E-state index is 2.29. The molecule has 1 aliphatic rings. The third kappa shape index (κ3) is 1.84. The van der Waals surface area contributed by atoms with Gasteiger partial charge in [0, 0.05) is 15.3 Å². The highest BCUT2D eigenvalue weighted by Gasteiger charge is 2.28. The first kappa shape index (κ1) is 14.2. The minimum Gasteiger partial charge on any atom is -0.149 e. The number of hydrogen-bond acceptors (Lipinski definition) is 2. The second kappa shape index (κ2) is 5.17. The molecule has 0 unspecified atom stereocenters. The van der Waals surface area contributed by atoms with Crippen molar-refractivity contribution in [3.63, 3.8) is 0 Å². The molecule has 0 nitrogen and oxygen atoms in total. The molecular formula is C22H16S2. The lowest BCUT2D eigenvalue weighted by Gasteiger charge is -2.10. The second-order valence-corrected chi connectivity index (χ2v) is 8.32. The predicted molar refractivity (Wildman–Crippen MR) is 107 cm³/mol. The predicted octanol–water partition coefficient (Wildman–Crippen LogP) is 6.90. The largest absolute Gasteiger partial charge is 0.149 e. The Morgan fingerprint density at radius 2 is 1.38 bits per heavy atom. The van der Waals surface area contributed by atoms with Gasteiger partial charge in [-0.2, -0.15) is 0 Å². The molecule has 0 amide bonds. The lowest BCUT2D eigenvalue weighted by Crippen LogP contribution is -1.90. The summed E-state index contributed by atoms with van der Waals surface area (Å²) >= 11 is 3.69. The van der Waals surface area contributed by atoms with E-state index < -0.39 is 0 Å². The Kier molecular flexibility index (Phi) is 3.06. The van der Waals surface area contributed by atoms with Crippen LogP contribution < -0.4 is 0 Å². The van der Waals surface area contributed by atoms with Gasteiger partial charge in [-0.05, 0) is 75.3 Å². The molecular weight excluding hydrogens is 328 g/mol. The van der Waals surface area contributed by atoms with Crippen molar-refractivity contribution < 1.29 is 0 Å².